The van der Waals surface area contributed by atoms with Crippen molar-refractivity contribution in [3.05, 3.63) is 107 Å². The third-order valence-electron chi connectivity index (χ3n) is 16.3. The van der Waals surface area contributed by atoms with Crippen LogP contribution in [0.4, 0.5) is 0 Å². The Morgan fingerprint density at radius 2 is 0.928 bits per heavy atom. The summed E-state index contributed by atoms with van der Waals surface area (Å²) in [6, 6.07) is 26.5. The fraction of sp³-hybridized carbons (Fsp3) is 0.475. The van der Waals surface area contributed by atoms with Gasteiger partial charge in [0, 0.05) is 101 Å². The number of nitrogens with zero attached hydrogens (tertiary/aromatic N) is 6. The van der Waals surface area contributed by atoms with Crippen LogP contribution < -0.4 is 19.8 Å². The van der Waals surface area contributed by atoms with E-state index in [1.807, 2.05) is 86.9 Å². The molecule has 4 aromatic carbocycles. The van der Waals surface area contributed by atoms with Crippen LogP contribution in [0.5, 0.6) is 11.5 Å². The maximum absolute atomic E-state index is 12.9. The number of hydrogen-bond acceptors (Lipinski definition) is 11. The van der Waals surface area contributed by atoms with E-state index in [4.69, 9.17) is 24.5 Å². The largest absolute Gasteiger partial charge is 0.483 e. The number of aromatic carboxylic acids is 1. The van der Waals surface area contributed by atoms with Crippen molar-refractivity contribution in [3.63, 3.8) is 0 Å². The average Bonchev–Trinajstić information content (AvgIpc) is 2.04. The van der Waals surface area contributed by atoms with Crippen molar-refractivity contribution >= 4 is 66.0 Å². The highest BCUT2D eigenvalue weighted by molar-refractivity contribution is 7.87. The van der Waals surface area contributed by atoms with Crippen LogP contribution in [0.2, 0.25) is 0 Å². The molecule has 83 heavy (non-hydrogen) atoms. The van der Waals surface area contributed by atoms with Crippen LogP contribution in [0.15, 0.2) is 84.9 Å². The van der Waals surface area contributed by atoms with E-state index in [1.165, 1.54) is 58.0 Å². The normalized spacial score (nSPS) is 14.4. The number of unbranched alkanes of at least 4 members (excludes halogenated alkanes) is 2. The first kappa shape index (κ1) is 63.8. The van der Waals surface area contributed by atoms with Gasteiger partial charge in [-0.2, -0.15) is 25.4 Å². The number of carbonyl (C=O) groups excluding carboxylic acids is 3. The second kappa shape index (κ2) is 28.6. The predicted molar refractivity (Wildman–Crippen MR) is 323 cm³/mol. The number of carboxylic acids is 1. The lowest BCUT2D eigenvalue weighted by Crippen LogP contribution is -2.35. The zero-order valence-electron chi connectivity index (χ0n) is 49.0. The summed E-state index contributed by atoms with van der Waals surface area (Å²) in [5, 5.41) is 22.0. The van der Waals surface area contributed by atoms with Gasteiger partial charge in [0.25, 0.3) is 32.2 Å². The number of methoxy groups -OCH3 is 1. The highest BCUT2D eigenvalue weighted by Crippen LogP contribution is 2.48. The molecule has 6 aromatic rings. The molecule has 0 radical (unpaired) electrons. The molecule has 2 aliphatic rings. The van der Waals surface area contributed by atoms with Crippen LogP contribution in [0.25, 0.3) is 44.3 Å². The summed E-state index contributed by atoms with van der Waals surface area (Å²) in [5.41, 5.74) is 8.82. The Bertz CT molecular complexity index is 3500. The number of amides is 2. The van der Waals surface area contributed by atoms with Crippen molar-refractivity contribution in [3.8, 4) is 34.0 Å². The van der Waals surface area contributed by atoms with Crippen molar-refractivity contribution in [1.29, 1.82) is 0 Å². The van der Waals surface area contributed by atoms with Gasteiger partial charge in [-0.05, 0) is 123 Å². The summed E-state index contributed by atoms with van der Waals surface area (Å²) >= 11 is 0. The molecule has 0 unspecified atom stereocenters. The lowest BCUT2D eigenvalue weighted by molar-refractivity contribution is -0.132. The molecule has 0 bridgehead atoms. The van der Waals surface area contributed by atoms with E-state index in [0.29, 0.717) is 74.2 Å². The van der Waals surface area contributed by atoms with E-state index in [2.05, 4.69) is 9.13 Å². The molecule has 0 spiro atoms. The van der Waals surface area contributed by atoms with Gasteiger partial charge >= 0.3 is 11.9 Å². The van der Waals surface area contributed by atoms with E-state index in [1.54, 1.807) is 36.0 Å². The van der Waals surface area contributed by atoms with Crippen molar-refractivity contribution in [2.75, 3.05) is 74.7 Å². The smallest absolute Gasteiger partial charge is 0.337 e. The number of nitrogens with two attached hydrogens (primary N) is 2. The monoisotopic (exact) mass is 1180 g/mol. The van der Waals surface area contributed by atoms with Crippen LogP contribution in [-0.2, 0) is 48.8 Å². The SMILES string of the molecule is CN(CCCCN(C)S(N)(=O)=O)C(=O)COc1ccccc1-c1c(C2CCCCC2)c2ccc(C(=O)O)cc2n1C.COC(=O)c1ccc2c(C3CCCCC3)c(-c3ccccc3OCC(=O)N(C)CCCCN(C)S(N)(=O)=O)n(C)c2c1. The quantitative estimate of drug-likeness (QED) is 0.0379. The van der Waals surface area contributed by atoms with E-state index >= 15 is 0 Å². The van der Waals surface area contributed by atoms with Gasteiger partial charge in [0.15, 0.2) is 13.2 Å². The number of likely N-dealkylation sites (N-methyl/N-ethyl adjacent to an activating group) is 2. The molecule has 0 atom stereocenters. The molecule has 2 saturated carbocycles. The minimum atomic E-state index is -3.71. The number of carboxylic acid groups (broad SMARTS) is 1. The van der Waals surface area contributed by atoms with E-state index in [9.17, 15) is 41.1 Å². The third kappa shape index (κ3) is 15.9. The Hall–Kier alpha value is -6.82. The third-order valence-corrected chi connectivity index (χ3v) is 18.4. The molecule has 20 nitrogen and oxygen atoms in total. The molecule has 450 valence electrons. The highest BCUT2D eigenvalue weighted by Gasteiger charge is 2.30. The Morgan fingerprint density at radius 1 is 0.554 bits per heavy atom. The molecule has 22 heteroatoms. The number of rotatable bonds is 24. The summed E-state index contributed by atoms with van der Waals surface area (Å²) < 4.78 is 69.0. The molecule has 0 aliphatic heterocycles. The van der Waals surface area contributed by atoms with Crippen molar-refractivity contribution in [2.24, 2.45) is 24.4 Å². The van der Waals surface area contributed by atoms with Crippen molar-refractivity contribution in [1.82, 2.24) is 27.5 Å². The first-order chi connectivity index (χ1) is 39.5. The minimum absolute atomic E-state index is 0.125. The number of aromatic nitrogens is 2. The average molecular weight is 1180 g/mol. The second-order valence-corrected chi connectivity index (χ2v) is 25.2. The van der Waals surface area contributed by atoms with Crippen molar-refractivity contribution < 1.29 is 55.3 Å². The predicted octanol–water partition coefficient (Wildman–Crippen LogP) is 8.78. The van der Waals surface area contributed by atoms with Gasteiger partial charge in [0.2, 0.25) is 0 Å². The summed E-state index contributed by atoms with van der Waals surface area (Å²) in [5.74, 6) is 0.254. The van der Waals surface area contributed by atoms with Gasteiger partial charge in [-0.3, -0.25) is 9.59 Å². The van der Waals surface area contributed by atoms with Gasteiger partial charge in [-0.15, -0.1) is 0 Å². The van der Waals surface area contributed by atoms with Gasteiger partial charge in [0.1, 0.15) is 11.5 Å². The maximum Gasteiger partial charge on any atom is 0.337 e. The summed E-state index contributed by atoms with van der Waals surface area (Å²) in [4.78, 5) is 53.1. The Balaban J connectivity index is 0.000000239. The van der Waals surface area contributed by atoms with Gasteiger partial charge < -0.3 is 38.3 Å². The fourth-order valence-electron chi connectivity index (χ4n) is 11.5. The van der Waals surface area contributed by atoms with Crippen molar-refractivity contribution in [2.45, 2.75) is 102 Å². The Kier molecular flexibility index (Phi) is 22.0. The molecule has 2 amide bonds. The number of ether oxygens (including phenoxy) is 3. The van der Waals surface area contributed by atoms with Crippen LogP contribution >= 0.6 is 0 Å². The van der Waals surface area contributed by atoms with E-state index in [-0.39, 0.29) is 43.1 Å². The summed E-state index contributed by atoms with van der Waals surface area (Å²) in [7, 11) is 4.21. The molecule has 0 saturated heterocycles. The number of para-hydroxylation sites is 2. The lowest BCUT2D eigenvalue weighted by atomic mass is 9.81. The summed E-state index contributed by atoms with van der Waals surface area (Å²) in [6.45, 7) is 1.24. The molecule has 8 rings (SSSR count). The number of esters is 1. The lowest BCUT2D eigenvalue weighted by Gasteiger charge is -2.24. The molecule has 2 heterocycles. The zero-order valence-corrected chi connectivity index (χ0v) is 50.6. The molecule has 2 aromatic heterocycles. The van der Waals surface area contributed by atoms with Crippen LogP contribution in [0.3, 0.4) is 0 Å². The number of aryl methyl sites for hydroxylation is 2. The Labute approximate surface area is 488 Å². The minimum Gasteiger partial charge on any atom is -0.483 e. The maximum atomic E-state index is 12.9. The van der Waals surface area contributed by atoms with E-state index in [0.717, 1.165) is 91.5 Å². The van der Waals surface area contributed by atoms with E-state index < -0.39 is 26.4 Å². The van der Waals surface area contributed by atoms with Gasteiger partial charge in [-0.25, -0.2) is 19.9 Å². The fourth-order valence-corrected chi connectivity index (χ4v) is 12.3. The van der Waals surface area contributed by atoms with Crippen LogP contribution in [-0.4, -0.2) is 148 Å². The highest BCUT2D eigenvalue weighted by atomic mass is 32.2. The molecular weight excluding hydrogens is 1100 g/mol. The summed E-state index contributed by atoms with van der Waals surface area (Å²) in [6.07, 6.45) is 13.9. The second-order valence-electron chi connectivity index (χ2n) is 21.9. The molecule has 5 N–H and O–H groups in total. The number of carbonyl (C=O) groups is 4. The standard InChI is InChI=1S/C31H42N4O6S.C30H40N4O6S/c1-33(18-10-11-19-34(2)42(32,38)39)28(36)21-41-27-15-9-8-14-25(27)30-29(22-12-6-5-7-13-22)24-17-16-23(31(37)40-4)20-26(24)35(30)3;1-32(17-9-10-18-33(2)41(31,38)39)27(35)20-40-26-14-8-7-13-24(26)29-28(21-11-5-4-6-12-21)23-16-15-22(30(36)37)19-25(23)34(29)3/h8-9,14-17,20,22H,5-7,10-13,18-19,21H2,1-4H3,(H2,32,38,39);7-8,13-16,19,21H,4-6,9-12,17-18,20H2,1-3H3,(H,36,37)(H2,31,38,39). The molecule has 2 fully saturated rings. The number of fused-ring (bicyclic) bond motifs is 2. The first-order valence-corrected chi connectivity index (χ1v) is 31.5. The van der Waals surface area contributed by atoms with Gasteiger partial charge in [-0.1, -0.05) is 74.9 Å². The molecular formula is C61H82N8O12S2. The Morgan fingerprint density at radius 3 is 1.31 bits per heavy atom. The van der Waals surface area contributed by atoms with Crippen LogP contribution in [0.1, 0.15) is 134 Å². The number of benzene rings is 4. The molecule has 2 aliphatic carbocycles. The zero-order chi connectivity index (χ0) is 60.2. The first-order valence-electron chi connectivity index (χ1n) is 28.5. The number of hydrogen-bond donors (Lipinski definition) is 3. The van der Waals surface area contributed by atoms with Gasteiger partial charge in [0.05, 0.1) is 29.6 Å². The van der Waals surface area contributed by atoms with Crippen LogP contribution in [0, 0.1) is 0 Å². The topological polar surface area (TPSA) is 259 Å².